The number of halogens is 1. The molecule has 5 heteroatoms. The average Bonchev–Trinajstić information content (AvgIpc) is 2.28. The van der Waals surface area contributed by atoms with Gasteiger partial charge in [-0.05, 0) is 12.0 Å². The van der Waals surface area contributed by atoms with Crippen LogP contribution in [0.15, 0.2) is 18.3 Å². The van der Waals surface area contributed by atoms with Gasteiger partial charge in [-0.15, -0.1) is 0 Å². The summed E-state index contributed by atoms with van der Waals surface area (Å²) in [6, 6.07) is 2.49. The molecule has 0 aromatic carbocycles. The lowest BCUT2D eigenvalue weighted by molar-refractivity contribution is 0.0866. The van der Waals surface area contributed by atoms with Gasteiger partial charge in [0.05, 0.1) is 12.6 Å². The molecule has 0 aliphatic heterocycles. The molecule has 1 aromatic heterocycles. The molecule has 0 fully saturated rings. The summed E-state index contributed by atoms with van der Waals surface area (Å²) in [6.45, 7) is 4.39. The Morgan fingerprint density at radius 1 is 1.59 bits per heavy atom. The minimum absolute atomic E-state index is 0.0938. The molecule has 1 atom stereocenters. The predicted octanol–water partition coefficient (Wildman–Crippen LogP) is 1.62. The van der Waals surface area contributed by atoms with E-state index in [0.717, 1.165) is 6.07 Å². The molecule has 1 unspecified atom stereocenters. The number of hydrogen-bond acceptors (Lipinski definition) is 3. The zero-order valence-electron chi connectivity index (χ0n) is 10.2. The van der Waals surface area contributed by atoms with Crippen LogP contribution < -0.4 is 5.32 Å². The van der Waals surface area contributed by atoms with Crippen molar-refractivity contribution in [3.05, 3.63) is 29.8 Å². The van der Waals surface area contributed by atoms with Crippen LogP contribution in [0.3, 0.4) is 0 Å². The summed E-state index contributed by atoms with van der Waals surface area (Å²) in [4.78, 5) is 15.2. The topological polar surface area (TPSA) is 51.2 Å². The molecule has 1 amide bonds. The number of pyridine rings is 1. The number of carbonyl (C=O) groups is 1. The van der Waals surface area contributed by atoms with Gasteiger partial charge in [0.25, 0.3) is 5.91 Å². The second-order valence-electron chi connectivity index (χ2n) is 4.15. The predicted molar refractivity (Wildman–Crippen MR) is 62.2 cm³/mol. The van der Waals surface area contributed by atoms with E-state index in [-0.39, 0.29) is 23.4 Å². The lowest BCUT2D eigenvalue weighted by Crippen LogP contribution is -2.41. The van der Waals surface area contributed by atoms with Gasteiger partial charge in [0.2, 0.25) is 5.95 Å². The van der Waals surface area contributed by atoms with E-state index < -0.39 is 5.95 Å². The summed E-state index contributed by atoms with van der Waals surface area (Å²) in [5.74, 6) is -0.738. The molecule has 0 radical (unpaired) electrons. The fourth-order valence-corrected chi connectivity index (χ4v) is 1.38. The first-order valence-electron chi connectivity index (χ1n) is 5.46. The number of nitrogens with one attached hydrogen (secondary N) is 1. The van der Waals surface area contributed by atoms with Crippen molar-refractivity contribution >= 4 is 5.91 Å². The Morgan fingerprint density at radius 2 is 2.29 bits per heavy atom. The van der Waals surface area contributed by atoms with Gasteiger partial charge in [0, 0.05) is 24.9 Å². The standard InChI is InChI=1S/C12H17FN2O2/c1-8(2)10(7-17-3)15-12(16)9-4-5-14-11(13)6-9/h4-6,8,10H,7H2,1-3H3,(H,15,16). The summed E-state index contributed by atoms with van der Waals surface area (Å²) in [7, 11) is 1.58. The molecule has 0 bridgehead atoms. The number of hydrogen-bond donors (Lipinski definition) is 1. The maximum absolute atomic E-state index is 12.9. The van der Waals surface area contributed by atoms with E-state index in [1.807, 2.05) is 13.8 Å². The summed E-state index contributed by atoms with van der Waals surface area (Å²) < 4.78 is 17.9. The molecule has 1 N–H and O–H groups in total. The van der Waals surface area contributed by atoms with E-state index in [4.69, 9.17) is 4.74 Å². The maximum Gasteiger partial charge on any atom is 0.251 e. The highest BCUT2D eigenvalue weighted by Crippen LogP contribution is 2.05. The van der Waals surface area contributed by atoms with E-state index in [0.29, 0.717) is 6.61 Å². The van der Waals surface area contributed by atoms with Crippen molar-refractivity contribution in [1.29, 1.82) is 0 Å². The highest BCUT2D eigenvalue weighted by atomic mass is 19.1. The Balaban J connectivity index is 2.70. The Bertz CT molecular complexity index is 383. The van der Waals surface area contributed by atoms with Gasteiger partial charge in [-0.25, -0.2) is 4.98 Å². The number of methoxy groups -OCH3 is 1. The van der Waals surface area contributed by atoms with Crippen LogP contribution in [0.25, 0.3) is 0 Å². The first-order valence-corrected chi connectivity index (χ1v) is 5.46. The van der Waals surface area contributed by atoms with Crippen LogP contribution in [0.1, 0.15) is 24.2 Å². The van der Waals surface area contributed by atoms with Gasteiger partial charge in [0.1, 0.15) is 0 Å². The highest BCUT2D eigenvalue weighted by molar-refractivity contribution is 5.94. The first kappa shape index (κ1) is 13.6. The highest BCUT2D eigenvalue weighted by Gasteiger charge is 2.17. The van der Waals surface area contributed by atoms with Crippen molar-refractivity contribution in [2.45, 2.75) is 19.9 Å². The summed E-state index contributed by atoms with van der Waals surface area (Å²) in [5, 5.41) is 2.80. The minimum Gasteiger partial charge on any atom is -0.383 e. The Labute approximate surface area is 100 Å². The molecular formula is C12H17FN2O2. The van der Waals surface area contributed by atoms with E-state index in [1.165, 1.54) is 12.3 Å². The summed E-state index contributed by atoms with van der Waals surface area (Å²) in [6.07, 6.45) is 1.27. The number of amides is 1. The van der Waals surface area contributed by atoms with Gasteiger partial charge < -0.3 is 10.1 Å². The zero-order valence-corrected chi connectivity index (χ0v) is 10.2. The molecule has 1 aromatic rings. The number of nitrogens with zero attached hydrogens (tertiary/aromatic N) is 1. The average molecular weight is 240 g/mol. The molecule has 17 heavy (non-hydrogen) atoms. The van der Waals surface area contributed by atoms with Crippen molar-refractivity contribution < 1.29 is 13.9 Å². The fourth-order valence-electron chi connectivity index (χ4n) is 1.38. The monoisotopic (exact) mass is 240 g/mol. The molecule has 0 saturated heterocycles. The Hall–Kier alpha value is -1.49. The third-order valence-electron chi connectivity index (χ3n) is 2.46. The number of rotatable bonds is 5. The van der Waals surface area contributed by atoms with Crippen LogP contribution in [0.5, 0.6) is 0 Å². The van der Waals surface area contributed by atoms with Gasteiger partial charge in [-0.3, -0.25) is 4.79 Å². The SMILES string of the molecule is COCC(NC(=O)c1ccnc(F)c1)C(C)C. The second kappa shape index (κ2) is 6.30. The van der Waals surface area contributed by atoms with E-state index in [1.54, 1.807) is 7.11 Å². The van der Waals surface area contributed by atoms with Gasteiger partial charge in [-0.2, -0.15) is 4.39 Å². The van der Waals surface area contributed by atoms with E-state index >= 15 is 0 Å². The van der Waals surface area contributed by atoms with E-state index in [9.17, 15) is 9.18 Å². The van der Waals surface area contributed by atoms with Crippen LogP contribution in [-0.4, -0.2) is 30.6 Å². The van der Waals surface area contributed by atoms with Crippen molar-refractivity contribution in [1.82, 2.24) is 10.3 Å². The van der Waals surface area contributed by atoms with Gasteiger partial charge in [-0.1, -0.05) is 13.8 Å². The van der Waals surface area contributed by atoms with Gasteiger partial charge in [0.15, 0.2) is 0 Å². The van der Waals surface area contributed by atoms with Crippen molar-refractivity contribution in [2.24, 2.45) is 5.92 Å². The van der Waals surface area contributed by atoms with Crippen LogP contribution >= 0.6 is 0 Å². The third kappa shape index (κ3) is 4.11. The molecule has 1 heterocycles. The minimum atomic E-state index is -0.662. The van der Waals surface area contributed by atoms with Crippen molar-refractivity contribution in [3.63, 3.8) is 0 Å². The normalized spacial score (nSPS) is 12.5. The zero-order chi connectivity index (χ0) is 12.8. The van der Waals surface area contributed by atoms with Crippen molar-refractivity contribution in [3.8, 4) is 0 Å². The molecule has 94 valence electrons. The molecule has 0 aliphatic carbocycles. The van der Waals surface area contributed by atoms with Crippen LogP contribution in [0.4, 0.5) is 4.39 Å². The number of carbonyl (C=O) groups excluding carboxylic acids is 1. The maximum atomic E-state index is 12.9. The molecule has 0 spiro atoms. The second-order valence-corrected chi connectivity index (χ2v) is 4.15. The molecule has 0 saturated carbocycles. The molecule has 1 rings (SSSR count). The Morgan fingerprint density at radius 3 is 2.82 bits per heavy atom. The largest absolute Gasteiger partial charge is 0.383 e. The molecular weight excluding hydrogens is 223 g/mol. The van der Waals surface area contributed by atoms with E-state index in [2.05, 4.69) is 10.3 Å². The summed E-state index contributed by atoms with van der Waals surface area (Å²) >= 11 is 0. The van der Waals surface area contributed by atoms with Crippen LogP contribution in [0, 0.1) is 11.9 Å². The van der Waals surface area contributed by atoms with Crippen LogP contribution in [0.2, 0.25) is 0 Å². The van der Waals surface area contributed by atoms with Crippen LogP contribution in [-0.2, 0) is 4.74 Å². The quantitative estimate of drug-likeness (QED) is 0.796. The number of ether oxygens (including phenoxy) is 1. The number of aromatic nitrogens is 1. The summed E-state index contributed by atoms with van der Waals surface area (Å²) in [5.41, 5.74) is 0.263. The van der Waals surface area contributed by atoms with Crippen molar-refractivity contribution in [2.75, 3.05) is 13.7 Å². The first-order chi connectivity index (χ1) is 8.04. The fraction of sp³-hybridized carbons (Fsp3) is 0.500. The molecule has 0 aliphatic rings. The molecule has 4 nitrogen and oxygen atoms in total. The third-order valence-corrected chi connectivity index (χ3v) is 2.46. The Kier molecular flexibility index (Phi) is 5.03. The smallest absolute Gasteiger partial charge is 0.251 e. The lowest BCUT2D eigenvalue weighted by Gasteiger charge is -2.21. The lowest BCUT2D eigenvalue weighted by atomic mass is 10.0. The van der Waals surface area contributed by atoms with Gasteiger partial charge >= 0.3 is 0 Å².